The van der Waals surface area contributed by atoms with Gasteiger partial charge in [0.1, 0.15) is 5.73 Å². The highest BCUT2D eigenvalue weighted by Gasteiger charge is 2.52. The minimum atomic E-state index is -3.12. The molecule has 1 rings (SSSR count). The molecule has 0 aromatic rings. The van der Waals surface area contributed by atoms with E-state index in [1.165, 1.54) is 0 Å². The largest absolute Gasteiger partial charge is 0.531 e. The maximum Gasteiger partial charge on any atom is 0.531 e. The molecule has 2 unspecified atom stereocenters. The van der Waals surface area contributed by atoms with E-state index >= 15 is 0 Å². The molecule has 8 heteroatoms. The molecule has 0 aromatic carbocycles. The second-order valence-corrected chi connectivity index (χ2v) is 11.4. The molecule has 198 valence electrons. The average Bonchev–Trinajstić information content (AvgIpc) is 2.84. The predicted octanol–water partition coefficient (Wildman–Crippen LogP) is 6.35. The first-order valence-corrected chi connectivity index (χ1v) is 15.4. The topological polar surface area (TPSA) is 64.6 Å². The second-order valence-electron chi connectivity index (χ2n) is 8.67. The quantitative estimate of drug-likeness (QED) is 0.105. The third kappa shape index (κ3) is 11.0. The summed E-state index contributed by atoms with van der Waals surface area (Å²) in [7, 11) is -3.12. The van der Waals surface area contributed by atoms with Crippen molar-refractivity contribution in [3.05, 3.63) is 0 Å². The van der Waals surface area contributed by atoms with E-state index < -0.39 is 21.1 Å². The van der Waals surface area contributed by atoms with Crippen molar-refractivity contribution < 1.29 is 32.2 Å². The Labute approximate surface area is 204 Å². The van der Waals surface area contributed by atoms with Crippen molar-refractivity contribution in [2.75, 3.05) is 33.0 Å². The van der Waals surface area contributed by atoms with Crippen LogP contribution < -0.4 is 0 Å². The first kappa shape index (κ1) is 31.0. The molecule has 0 aromatic heterocycles. The van der Waals surface area contributed by atoms with Crippen LogP contribution >= 0.6 is 0 Å². The fourth-order valence-electron chi connectivity index (χ4n) is 3.57. The van der Waals surface area contributed by atoms with Gasteiger partial charge in [0, 0.05) is 26.2 Å². The molecule has 0 spiro atoms. The maximum atomic E-state index is 6.63. The van der Waals surface area contributed by atoms with Gasteiger partial charge in [0.25, 0.3) is 5.97 Å². The standard InChI is InChI=1S/C25H52O7Si/c1-7-13-20-28-33(29-21-14-8-2,30-22-15-9-3)24(17-10-4)31-23(11-5)32-25(12-6)26-18-16-19-27-25/h23-24H,7-22H2,1-6H3. The number of hydrogen-bond acceptors (Lipinski definition) is 7. The van der Waals surface area contributed by atoms with Crippen LogP contribution in [-0.4, -0.2) is 59.8 Å². The Balaban J connectivity index is 3.11. The van der Waals surface area contributed by atoms with E-state index in [0.29, 0.717) is 45.9 Å². The lowest BCUT2D eigenvalue weighted by atomic mass is 10.3. The van der Waals surface area contributed by atoms with Crippen LogP contribution in [0.1, 0.15) is 112 Å². The van der Waals surface area contributed by atoms with Gasteiger partial charge in [-0.2, -0.15) is 0 Å². The van der Waals surface area contributed by atoms with Gasteiger partial charge >= 0.3 is 8.80 Å². The molecule has 1 heterocycles. The first-order valence-electron chi connectivity index (χ1n) is 13.6. The summed E-state index contributed by atoms with van der Waals surface area (Å²) in [5.41, 5.74) is -0.296. The Kier molecular flexibility index (Phi) is 17.1. The summed E-state index contributed by atoms with van der Waals surface area (Å²) in [6.07, 6.45) is 9.45. The molecule has 2 atom stereocenters. The van der Waals surface area contributed by atoms with Crippen LogP contribution in [0.2, 0.25) is 0 Å². The third-order valence-electron chi connectivity index (χ3n) is 5.67. The van der Waals surface area contributed by atoms with Crippen molar-refractivity contribution in [2.24, 2.45) is 0 Å². The van der Waals surface area contributed by atoms with Crippen LogP contribution in [0.4, 0.5) is 0 Å². The van der Waals surface area contributed by atoms with Gasteiger partial charge in [-0.1, -0.05) is 67.2 Å². The number of ether oxygens (including phenoxy) is 4. The summed E-state index contributed by atoms with van der Waals surface area (Å²) in [6.45, 7) is 15.8. The normalized spacial score (nSPS) is 18.4. The Morgan fingerprint density at radius 3 is 1.67 bits per heavy atom. The Morgan fingerprint density at radius 2 is 1.27 bits per heavy atom. The van der Waals surface area contributed by atoms with Crippen molar-refractivity contribution in [1.82, 2.24) is 0 Å². The summed E-state index contributed by atoms with van der Waals surface area (Å²) in [4.78, 5) is 0. The molecule has 0 radical (unpaired) electrons. The Morgan fingerprint density at radius 1 is 0.758 bits per heavy atom. The zero-order valence-corrected chi connectivity index (χ0v) is 23.3. The van der Waals surface area contributed by atoms with Crippen molar-refractivity contribution in [2.45, 2.75) is 130 Å². The average molecular weight is 493 g/mol. The van der Waals surface area contributed by atoms with Crippen LogP contribution in [-0.2, 0) is 32.2 Å². The van der Waals surface area contributed by atoms with Gasteiger partial charge in [0.05, 0.1) is 13.2 Å². The lowest BCUT2D eigenvalue weighted by Gasteiger charge is -2.41. The van der Waals surface area contributed by atoms with Crippen molar-refractivity contribution in [3.8, 4) is 0 Å². The molecule has 0 bridgehead atoms. The Hall–Kier alpha value is -0.0631. The lowest BCUT2D eigenvalue weighted by molar-refractivity contribution is -0.436. The number of hydrogen-bond donors (Lipinski definition) is 0. The van der Waals surface area contributed by atoms with Gasteiger partial charge in [-0.3, -0.25) is 4.74 Å². The van der Waals surface area contributed by atoms with Crippen LogP contribution in [0.15, 0.2) is 0 Å². The van der Waals surface area contributed by atoms with Gasteiger partial charge in [-0.05, 0) is 38.5 Å². The Bertz CT molecular complexity index is 434. The molecule has 1 aliphatic heterocycles. The lowest BCUT2D eigenvalue weighted by Crippen LogP contribution is -2.59. The van der Waals surface area contributed by atoms with E-state index in [1.807, 2.05) is 6.92 Å². The van der Waals surface area contributed by atoms with Gasteiger partial charge in [-0.15, -0.1) is 0 Å². The molecule has 1 aliphatic rings. The van der Waals surface area contributed by atoms with E-state index in [4.69, 9.17) is 32.2 Å². The van der Waals surface area contributed by atoms with Crippen LogP contribution in [0.25, 0.3) is 0 Å². The minimum Gasteiger partial charge on any atom is -0.372 e. The van der Waals surface area contributed by atoms with E-state index in [1.54, 1.807) is 0 Å². The van der Waals surface area contributed by atoms with Gasteiger partial charge in [0.15, 0.2) is 6.29 Å². The van der Waals surface area contributed by atoms with Crippen molar-refractivity contribution in [3.63, 3.8) is 0 Å². The molecule has 0 aliphatic carbocycles. The molecule has 1 saturated heterocycles. The first-order chi connectivity index (χ1) is 16.0. The minimum absolute atomic E-state index is 0.296. The maximum absolute atomic E-state index is 6.63. The molecular weight excluding hydrogens is 440 g/mol. The van der Waals surface area contributed by atoms with Crippen LogP contribution in [0, 0.1) is 0 Å². The highest BCUT2D eigenvalue weighted by molar-refractivity contribution is 6.62. The third-order valence-corrected chi connectivity index (χ3v) is 8.71. The van der Waals surface area contributed by atoms with Crippen LogP contribution in [0.5, 0.6) is 0 Å². The van der Waals surface area contributed by atoms with E-state index in [0.717, 1.165) is 57.8 Å². The van der Waals surface area contributed by atoms with Crippen molar-refractivity contribution >= 4 is 8.80 Å². The smallest absolute Gasteiger partial charge is 0.372 e. The SMILES string of the molecule is CCCCO[Si](OCCCC)(OCCCC)C(CCC)OC(CC)OC1(CC)OCCCO1. The highest BCUT2D eigenvalue weighted by Crippen LogP contribution is 2.30. The van der Waals surface area contributed by atoms with Crippen LogP contribution in [0.3, 0.4) is 0 Å². The zero-order valence-electron chi connectivity index (χ0n) is 22.3. The number of unbranched alkanes of at least 4 members (excludes halogenated alkanes) is 3. The molecule has 0 N–H and O–H groups in total. The van der Waals surface area contributed by atoms with E-state index in [2.05, 4.69) is 34.6 Å². The summed E-state index contributed by atoms with van der Waals surface area (Å²) >= 11 is 0. The second kappa shape index (κ2) is 18.2. The fraction of sp³-hybridized carbons (Fsp3) is 1.00. The van der Waals surface area contributed by atoms with Crippen molar-refractivity contribution in [1.29, 1.82) is 0 Å². The fourth-order valence-corrected chi connectivity index (χ4v) is 6.63. The molecule has 33 heavy (non-hydrogen) atoms. The summed E-state index contributed by atoms with van der Waals surface area (Å²) in [5, 5.41) is 0. The van der Waals surface area contributed by atoms with E-state index in [-0.39, 0.29) is 5.73 Å². The molecule has 1 fully saturated rings. The molecule has 0 saturated carbocycles. The summed E-state index contributed by atoms with van der Waals surface area (Å²) in [6, 6.07) is 0. The summed E-state index contributed by atoms with van der Waals surface area (Å²) in [5.74, 6) is -1.05. The zero-order chi connectivity index (χ0) is 24.4. The molecule has 0 amide bonds. The van der Waals surface area contributed by atoms with Gasteiger partial charge in [-0.25, -0.2) is 0 Å². The highest BCUT2D eigenvalue weighted by atomic mass is 28.4. The molecular formula is C25H52O7Si. The number of rotatable bonds is 21. The molecule has 7 nitrogen and oxygen atoms in total. The monoisotopic (exact) mass is 492 g/mol. The predicted molar refractivity (Wildman–Crippen MR) is 133 cm³/mol. The van der Waals surface area contributed by atoms with Gasteiger partial charge < -0.3 is 27.5 Å². The van der Waals surface area contributed by atoms with E-state index in [9.17, 15) is 0 Å². The summed E-state index contributed by atoms with van der Waals surface area (Å²) < 4.78 is 44.3. The van der Waals surface area contributed by atoms with Gasteiger partial charge in [0.2, 0.25) is 0 Å².